The van der Waals surface area contributed by atoms with Crippen LogP contribution in [-0.4, -0.2) is 124 Å². The highest BCUT2D eigenvalue weighted by Gasteiger charge is 2.26. The molecule has 2 unspecified atom stereocenters. The van der Waals surface area contributed by atoms with Crippen molar-refractivity contribution in [1.82, 2.24) is 0 Å². The molecule has 7 rings (SSSR count). The standard InChI is InChI=1S/C101H146O19/c1-3-5-25-37-79-40-44-81(45-41-79)83-48-60-90(61-49-83)119-100(109)85-52-56-88(57-53-85)111-65-29-17-7-9-20-32-68-114-93(77-103)75-96(105)116-70-34-22-12-11-19-31-67-113-92-73-87(39-27-15-16-28-64-102)98(95(74-92)99(107)108)118-72-36-24-14-13-23-35-71-117-97(106)76-94(78-104)115-69-33-21-10-8-18-30-66-112-89-58-54-86(55-59-89)101(110)120-91-62-50-84(51-63-91)82-46-42-80(43-47-82)38-26-6-4-2/h48-63,73-74,77-82,93-94,102H,3-47,64-72,75-76H2,1-2H3,(H,107,108). The van der Waals surface area contributed by atoms with Crippen molar-refractivity contribution in [3.8, 4) is 34.5 Å². The highest BCUT2D eigenvalue weighted by molar-refractivity contribution is 5.93. The first kappa shape index (κ1) is 99.0. The van der Waals surface area contributed by atoms with Crippen LogP contribution >= 0.6 is 0 Å². The molecule has 2 saturated carbocycles. The van der Waals surface area contributed by atoms with Gasteiger partial charge in [-0.05, 0) is 247 Å². The predicted octanol–water partition coefficient (Wildman–Crippen LogP) is 23.9. The van der Waals surface area contributed by atoms with Gasteiger partial charge in [-0.2, -0.15) is 0 Å². The van der Waals surface area contributed by atoms with Crippen LogP contribution in [0.5, 0.6) is 34.5 Å². The topological polar surface area (TPSA) is 252 Å². The summed E-state index contributed by atoms with van der Waals surface area (Å²) < 4.78 is 58.0. The lowest BCUT2D eigenvalue weighted by Gasteiger charge is -2.29. The van der Waals surface area contributed by atoms with Crippen molar-refractivity contribution >= 4 is 42.4 Å². The summed E-state index contributed by atoms with van der Waals surface area (Å²) in [6, 6.07) is 33.8. The van der Waals surface area contributed by atoms with E-state index >= 15 is 0 Å². The number of aliphatic hydroxyl groups excluding tert-OH is 1. The molecular weight excluding hydrogens is 1520 g/mol. The first-order valence-corrected chi connectivity index (χ1v) is 46.7. The Morgan fingerprint density at radius 2 is 0.708 bits per heavy atom. The Bertz CT molecular complexity index is 3580. The van der Waals surface area contributed by atoms with Crippen LogP contribution in [0.1, 0.15) is 369 Å². The molecule has 0 saturated heterocycles. The summed E-state index contributed by atoms with van der Waals surface area (Å²) in [7, 11) is 0. The van der Waals surface area contributed by atoms with Gasteiger partial charge in [-0.25, -0.2) is 14.4 Å². The molecule has 19 nitrogen and oxygen atoms in total. The summed E-state index contributed by atoms with van der Waals surface area (Å²) in [6.07, 6.45) is 45.9. The number of carboxylic acids is 1. The van der Waals surface area contributed by atoms with E-state index in [1.807, 2.05) is 30.3 Å². The van der Waals surface area contributed by atoms with Gasteiger partial charge >= 0.3 is 29.8 Å². The van der Waals surface area contributed by atoms with Crippen molar-refractivity contribution in [2.45, 2.75) is 340 Å². The van der Waals surface area contributed by atoms with Crippen LogP contribution in [0.25, 0.3) is 0 Å². The van der Waals surface area contributed by atoms with Crippen LogP contribution in [0.2, 0.25) is 0 Å². The second-order valence-corrected chi connectivity index (χ2v) is 33.4. The maximum Gasteiger partial charge on any atom is 0.343 e. The predicted molar refractivity (Wildman–Crippen MR) is 472 cm³/mol. The summed E-state index contributed by atoms with van der Waals surface area (Å²) in [5.74, 6) is 3.56. The summed E-state index contributed by atoms with van der Waals surface area (Å²) in [4.78, 5) is 87.0. The number of aryl methyl sites for hydroxylation is 1. The summed E-state index contributed by atoms with van der Waals surface area (Å²) in [5, 5.41) is 19.7. The van der Waals surface area contributed by atoms with E-state index < -0.39 is 30.1 Å². The smallest absolute Gasteiger partial charge is 0.343 e. The minimum atomic E-state index is -1.08. The van der Waals surface area contributed by atoms with Crippen LogP contribution in [-0.2, 0) is 44.5 Å². The number of aliphatic hydroxyl groups is 1. The van der Waals surface area contributed by atoms with Gasteiger partial charge < -0.3 is 67.2 Å². The molecule has 0 aromatic heterocycles. The quantitative estimate of drug-likeness (QED) is 0.0159. The number of aromatic carboxylic acids is 1. The molecule has 2 atom stereocenters. The molecule has 0 spiro atoms. The number of aldehydes is 2. The zero-order valence-electron chi connectivity index (χ0n) is 72.9. The summed E-state index contributed by atoms with van der Waals surface area (Å²) in [6.45, 7) is 7.95. The van der Waals surface area contributed by atoms with Gasteiger partial charge in [0.05, 0.1) is 63.6 Å². The second-order valence-electron chi connectivity index (χ2n) is 33.4. The Balaban J connectivity index is 0.631. The minimum absolute atomic E-state index is 0.0747. The Kier molecular flexibility index (Phi) is 51.2. The number of carboxylic acid groups (broad SMARTS) is 1. The van der Waals surface area contributed by atoms with Crippen molar-refractivity contribution in [2.75, 3.05) is 59.5 Å². The fraction of sp³-hybridized carbons (Fsp3) is 0.634. The van der Waals surface area contributed by atoms with Crippen molar-refractivity contribution in [3.05, 3.63) is 143 Å². The SMILES string of the molecule is CCCCCC1CCC(c2ccc(OC(=O)c3ccc(OCCCCCCCCOC(C=O)CC(=O)OCCCCCCCCOc4cc(CCCCCCO)c(OCCCCCCCCOC(=O)CC(C=O)OCCCCCCCCOc5ccc(C(=O)Oc6ccc(C7CCC(CCCCC)CC7)cc6)cc5)c(C(=O)O)c4)cc3)cc2)CC1. The third kappa shape index (κ3) is 41.6. The molecule has 2 N–H and O–H groups in total. The summed E-state index contributed by atoms with van der Waals surface area (Å²) >= 11 is 0. The van der Waals surface area contributed by atoms with E-state index in [4.69, 9.17) is 47.4 Å². The molecule has 2 aliphatic rings. The molecule has 120 heavy (non-hydrogen) atoms. The van der Waals surface area contributed by atoms with E-state index in [1.165, 1.54) is 114 Å². The third-order valence-electron chi connectivity index (χ3n) is 23.6. The average Bonchev–Trinajstić information content (AvgIpc) is 0.823. The first-order valence-electron chi connectivity index (χ1n) is 46.7. The van der Waals surface area contributed by atoms with Crippen molar-refractivity contribution in [3.63, 3.8) is 0 Å². The lowest BCUT2D eigenvalue weighted by atomic mass is 9.77. The van der Waals surface area contributed by atoms with E-state index in [1.54, 1.807) is 54.6 Å². The molecule has 5 aromatic carbocycles. The van der Waals surface area contributed by atoms with Crippen molar-refractivity contribution in [2.24, 2.45) is 11.8 Å². The molecule has 19 heteroatoms. The van der Waals surface area contributed by atoms with E-state index in [2.05, 4.69) is 38.1 Å². The van der Waals surface area contributed by atoms with Crippen molar-refractivity contribution in [1.29, 1.82) is 0 Å². The number of carbonyl (C=O) groups excluding carboxylic acids is 6. The van der Waals surface area contributed by atoms with Crippen LogP contribution in [0.4, 0.5) is 0 Å². The van der Waals surface area contributed by atoms with E-state index in [9.17, 15) is 43.8 Å². The summed E-state index contributed by atoms with van der Waals surface area (Å²) in [5.41, 5.74) is 4.49. The van der Waals surface area contributed by atoms with E-state index in [0.29, 0.717) is 135 Å². The van der Waals surface area contributed by atoms with E-state index in [0.717, 1.165) is 178 Å². The number of carbonyl (C=O) groups is 7. The minimum Gasteiger partial charge on any atom is -0.494 e. The zero-order chi connectivity index (χ0) is 85.1. The first-order chi connectivity index (χ1) is 58.8. The van der Waals surface area contributed by atoms with Gasteiger partial charge in [0.1, 0.15) is 64.8 Å². The number of unbranched alkanes of at least 4 members (excludes halogenated alkanes) is 27. The Hall–Kier alpha value is -8.13. The highest BCUT2D eigenvalue weighted by Crippen LogP contribution is 2.41. The Morgan fingerprint density at radius 3 is 1.08 bits per heavy atom. The number of ether oxygens (including phenoxy) is 10. The number of benzene rings is 5. The monoisotopic (exact) mass is 1660 g/mol. The number of hydrogen-bond donors (Lipinski definition) is 2. The van der Waals surface area contributed by atoms with Crippen molar-refractivity contribution < 1.29 is 91.1 Å². The number of esters is 4. The van der Waals surface area contributed by atoms with E-state index in [-0.39, 0.29) is 50.2 Å². The molecule has 5 aromatic rings. The largest absolute Gasteiger partial charge is 0.494 e. The third-order valence-corrected chi connectivity index (χ3v) is 23.6. The average molecular weight is 1660 g/mol. The van der Waals surface area contributed by atoms with Crippen LogP contribution in [0, 0.1) is 11.8 Å². The van der Waals surface area contributed by atoms with Gasteiger partial charge in [-0.1, -0.05) is 205 Å². The highest BCUT2D eigenvalue weighted by atomic mass is 16.6. The fourth-order valence-electron chi connectivity index (χ4n) is 16.3. The fourth-order valence-corrected chi connectivity index (χ4v) is 16.3. The molecule has 2 aliphatic carbocycles. The molecule has 664 valence electrons. The van der Waals surface area contributed by atoms with Crippen LogP contribution in [0.3, 0.4) is 0 Å². The molecular formula is C101H146O19. The van der Waals surface area contributed by atoms with Gasteiger partial charge in [0.15, 0.2) is 0 Å². The van der Waals surface area contributed by atoms with Crippen LogP contribution < -0.4 is 28.4 Å². The second kappa shape index (κ2) is 62.0. The Morgan fingerprint density at radius 1 is 0.367 bits per heavy atom. The number of rotatable bonds is 69. The van der Waals surface area contributed by atoms with Gasteiger partial charge in [-0.15, -0.1) is 0 Å². The molecule has 0 radical (unpaired) electrons. The number of hydrogen-bond acceptors (Lipinski definition) is 18. The lowest BCUT2D eigenvalue weighted by Crippen LogP contribution is -2.21. The Labute approximate surface area is 717 Å². The van der Waals surface area contributed by atoms with Gasteiger partial charge in [-0.3, -0.25) is 9.59 Å². The molecule has 0 heterocycles. The van der Waals surface area contributed by atoms with Gasteiger partial charge in [0.2, 0.25) is 0 Å². The maximum atomic E-state index is 12.9. The molecule has 0 bridgehead atoms. The molecule has 0 amide bonds. The molecule has 2 fully saturated rings. The molecule has 0 aliphatic heterocycles. The normalized spacial score (nSPS) is 15.7. The van der Waals surface area contributed by atoms with Gasteiger partial charge in [0.25, 0.3) is 0 Å². The zero-order valence-corrected chi connectivity index (χ0v) is 72.9. The lowest BCUT2D eigenvalue weighted by molar-refractivity contribution is -0.149. The maximum absolute atomic E-state index is 12.9. The van der Waals surface area contributed by atoms with Crippen LogP contribution in [0.15, 0.2) is 109 Å². The van der Waals surface area contributed by atoms with Gasteiger partial charge in [0, 0.05) is 19.8 Å².